The molecule has 2 aliphatic rings. The zero-order valence-electron chi connectivity index (χ0n) is 13.8. The lowest BCUT2D eigenvalue weighted by Gasteiger charge is -2.35. The molecule has 0 radical (unpaired) electrons. The van der Waals surface area contributed by atoms with Crippen LogP contribution in [-0.4, -0.2) is 42.5 Å². The first-order chi connectivity index (χ1) is 10.8. The smallest absolute Gasteiger partial charge is 0.0317 e. The predicted molar refractivity (Wildman–Crippen MR) is 93.8 cm³/mol. The third-order valence-corrected chi connectivity index (χ3v) is 5.18. The molecule has 2 heterocycles. The molecule has 3 rings (SSSR count). The molecule has 2 fully saturated rings. The molecule has 0 amide bonds. The number of nitrogen functional groups attached to an aromatic ring is 1. The third-order valence-electron chi connectivity index (χ3n) is 5.18. The number of nitrogens with zero attached hydrogens (tertiary/aromatic N) is 2. The summed E-state index contributed by atoms with van der Waals surface area (Å²) in [5.41, 5.74) is 8.15. The monoisotopic (exact) mass is 301 g/mol. The summed E-state index contributed by atoms with van der Waals surface area (Å²) in [5.74, 6) is 0.855. The molecule has 1 aromatic carbocycles. The van der Waals surface area contributed by atoms with E-state index < -0.39 is 0 Å². The second-order valence-electron chi connectivity index (χ2n) is 7.20. The Morgan fingerprint density at radius 2 is 1.73 bits per heavy atom. The lowest BCUT2D eigenvalue weighted by molar-refractivity contribution is 0.129. The van der Waals surface area contributed by atoms with Crippen LogP contribution in [0.4, 0.5) is 5.69 Å². The van der Waals surface area contributed by atoms with Gasteiger partial charge in [0, 0.05) is 25.3 Å². The Kier molecular flexibility index (Phi) is 5.74. The summed E-state index contributed by atoms with van der Waals surface area (Å²) in [4.78, 5) is 5.35. The van der Waals surface area contributed by atoms with E-state index >= 15 is 0 Å². The molecule has 0 aromatic heterocycles. The van der Waals surface area contributed by atoms with Gasteiger partial charge in [0.05, 0.1) is 0 Å². The fourth-order valence-electron chi connectivity index (χ4n) is 4.08. The zero-order chi connectivity index (χ0) is 15.2. The van der Waals surface area contributed by atoms with Gasteiger partial charge in [0.2, 0.25) is 0 Å². The maximum Gasteiger partial charge on any atom is 0.0317 e. The standard InChI is InChI=1S/C19H31N3/c20-19-9-5-7-17(13-19)14-22-12-6-8-18(16-22)15-21-10-3-1-2-4-11-21/h5,7,9,13,18H,1-4,6,8,10-12,14-16,20H2. The summed E-state index contributed by atoms with van der Waals surface area (Å²) in [5, 5.41) is 0. The van der Waals surface area contributed by atoms with Crippen molar-refractivity contribution in [3.8, 4) is 0 Å². The van der Waals surface area contributed by atoms with Crippen molar-refractivity contribution in [1.29, 1.82) is 0 Å². The molecule has 22 heavy (non-hydrogen) atoms. The second-order valence-corrected chi connectivity index (χ2v) is 7.20. The minimum absolute atomic E-state index is 0.855. The first-order valence-electron chi connectivity index (χ1n) is 9.09. The maximum atomic E-state index is 5.90. The summed E-state index contributed by atoms with van der Waals surface area (Å²) >= 11 is 0. The summed E-state index contributed by atoms with van der Waals surface area (Å²) in [6.45, 7) is 7.52. The van der Waals surface area contributed by atoms with Gasteiger partial charge in [0.25, 0.3) is 0 Å². The van der Waals surface area contributed by atoms with Crippen molar-refractivity contribution in [3.63, 3.8) is 0 Å². The Hall–Kier alpha value is -1.06. The molecule has 1 atom stereocenters. The van der Waals surface area contributed by atoms with Gasteiger partial charge >= 0.3 is 0 Å². The van der Waals surface area contributed by atoms with E-state index in [0.29, 0.717) is 0 Å². The van der Waals surface area contributed by atoms with E-state index in [1.807, 2.05) is 6.07 Å². The van der Waals surface area contributed by atoms with Crippen LogP contribution in [0.2, 0.25) is 0 Å². The topological polar surface area (TPSA) is 32.5 Å². The first-order valence-corrected chi connectivity index (χ1v) is 9.09. The van der Waals surface area contributed by atoms with Crippen molar-refractivity contribution in [2.45, 2.75) is 45.1 Å². The first kappa shape index (κ1) is 15.8. The minimum Gasteiger partial charge on any atom is -0.399 e. The van der Waals surface area contributed by atoms with E-state index in [9.17, 15) is 0 Å². The van der Waals surface area contributed by atoms with Crippen LogP contribution in [0.1, 0.15) is 44.1 Å². The Balaban J connectivity index is 1.50. The van der Waals surface area contributed by atoms with Crippen molar-refractivity contribution in [2.24, 2.45) is 5.92 Å². The van der Waals surface area contributed by atoms with Crippen molar-refractivity contribution in [1.82, 2.24) is 9.80 Å². The van der Waals surface area contributed by atoms with Gasteiger partial charge in [-0.05, 0) is 68.9 Å². The quantitative estimate of drug-likeness (QED) is 0.866. The van der Waals surface area contributed by atoms with Crippen molar-refractivity contribution in [3.05, 3.63) is 29.8 Å². The number of nitrogens with two attached hydrogens (primary N) is 1. The molecule has 0 spiro atoms. The molecule has 122 valence electrons. The molecule has 1 aromatic rings. The second kappa shape index (κ2) is 7.98. The van der Waals surface area contributed by atoms with Crippen molar-refractivity contribution in [2.75, 3.05) is 38.5 Å². The van der Waals surface area contributed by atoms with Gasteiger partial charge in [0.1, 0.15) is 0 Å². The Bertz CT molecular complexity index is 452. The molecule has 2 N–H and O–H groups in total. The highest BCUT2D eigenvalue weighted by Crippen LogP contribution is 2.21. The van der Waals surface area contributed by atoms with Gasteiger partial charge in [-0.1, -0.05) is 25.0 Å². The van der Waals surface area contributed by atoms with Crippen LogP contribution >= 0.6 is 0 Å². The van der Waals surface area contributed by atoms with Crippen LogP contribution in [0.15, 0.2) is 24.3 Å². The average Bonchev–Trinajstić information content (AvgIpc) is 2.76. The van der Waals surface area contributed by atoms with E-state index in [0.717, 1.165) is 18.2 Å². The zero-order valence-corrected chi connectivity index (χ0v) is 13.8. The number of likely N-dealkylation sites (tertiary alicyclic amines) is 2. The van der Waals surface area contributed by atoms with Crippen LogP contribution in [0.25, 0.3) is 0 Å². The number of hydrogen-bond donors (Lipinski definition) is 1. The number of rotatable bonds is 4. The van der Waals surface area contributed by atoms with Gasteiger partial charge in [-0.3, -0.25) is 4.90 Å². The van der Waals surface area contributed by atoms with Crippen LogP contribution in [0.5, 0.6) is 0 Å². The molecule has 0 aliphatic carbocycles. The average molecular weight is 301 g/mol. The summed E-state index contributed by atoms with van der Waals surface area (Å²) in [7, 11) is 0. The number of piperidine rings is 1. The van der Waals surface area contributed by atoms with Crippen molar-refractivity contribution < 1.29 is 0 Å². The molecule has 2 aliphatic heterocycles. The Labute approximate surface area is 135 Å². The van der Waals surface area contributed by atoms with Gasteiger partial charge in [-0.2, -0.15) is 0 Å². The van der Waals surface area contributed by atoms with Gasteiger partial charge in [-0.15, -0.1) is 0 Å². The molecule has 0 saturated carbocycles. The largest absolute Gasteiger partial charge is 0.399 e. The highest BCUT2D eigenvalue weighted by molar-refractivity contribution is 5.40. The lowest BCUT2D eigenvalue weighted by Crippen LogP contribution is -2.41. The van der Waals surface area contributed by atoms with E-state index in [1.165, 1.54) is 76.8 Å². The number of hydrogen-bond acceptors (Lipinski definition) is 3. The predicted octanol–water partition coefficient (Wildman–Crippen LogP) is 3.36. The summed E-state index contributed by atoms with van der Waals surface area (Å²) in [6, 6.07) is 8.37. The molecule has 3 heteroatoms. The van der Waals surface area contributed by atoms with E-state index in [4.69, 9.17) is 5.73 Å². The highest BCUT2D eigenvalue weighted by atomic mass is 15.2. The van der Waals surface area contributed by atoms with Crippen LogP contribution in [0, 0.1) is 5.92 Å². The van der Waals surface area contributed by atoms with Crippen LogP contribution in [0.3, 0.4) is 0 Å². The van der Waals surface area contributed by atoms with Gasteiger partial charge < -0.3 is 10.6 Å². The number of anilines is 1. The number of benzene rings is 1. The fourth-order valence-corrected chi connectivity index (χ4v) is 4.08. The molecule has 3 nitrogen and oxygen atoms in total. The van der Waals surface area contributed by atoms with E-state index in [1.54, 1.807) is 0 Å². The van der Waals surface area contributed by atoms with Crippen molar-refractivity contribution >= 4 is 5.69 Å². The molecular weight excluding hydrogens is 270 g/mol. The molecule has 0 bridgehead atoms. The molecule has 1 unspecified atom stereocenters. The highest BCUT2D eigenvalue weighted by Gasteiger charge is 2.22. The Morgan fingerprint density at radius 3 is 2.50 bits per heavy atom. The van der Waals surface area contributed by atoms with Gasteiger partial charge in [0.15, 0.2) is 0 Å². The molecular formula is C19H31N3. The lowest BCUT2D eigenvalue weighted by atomic mass is 9.96. The SMILES string of the molecule is Nc1cccc(CN2CCCC(CN3CCCCCC3)C2)c1. The van der Waals surface area contributed by atoms with Gasteiger partial charge in [-0.25, -0.2) is 0 Å². The normalized spacial score (nSPS) is 25.0. The van der Waals surface area contributed by atoms with Crippen LogP contribution in [-0.2, 0) is 6.54 Å². The Morgan fingerprint density at radius 1 is 0.955 bits per heavy atom. The molecule has 2 saturated heterocycles. The summed E-state index contributed by atoms with van der Waals surface area (Å²) in [6.07, 6.45) is 8.43. The minimum atomic E-state index is 0.855. The van der Waals surface area contributed by atoms with E-state index in [2.05, 4.69) is 28.0 Å². The summed E-state index contributed by atoms with van der Waals surface area (Å²) < 4.78 is 0. The fraction of sp³-hybridized carbons (Fsp3) is 0.684. The maximum absolute atomic E-state index is 5.90. The van der Waals surface area contributed by atoms with E-state index in [-0.39, 0.29) is 0 Å². The third kappa shape index (κ3) is 4.72. The van der Waals surface area contributed by atoms with Crippen LogP contribution < -0.4 is 5.73 Å².